The maximum absolute atomic E-state index is 13.0. The molecule has 2 aromatic rings. The quantitative estimate of drug-likeness (QED) is 0.720. The minimum Gasteiger partial charge on any atom is -0.342 e. The van der Waals surface area contributed by atoms with Crippen LogP contribution in [0.3, 0.4) is 0 Å². The van der Waals surface area contributed by atoms with Crippen molar-refractivity contribution < 1.29 is 18.0 Å². The van der Waals surface area contributed by atoms with Crippen molar-refractivity contribution in [3.8, 4) is 0 Å². The Morgan fingerprint density at radius 2 is 1.66 bits per heavy atom. The van der Waals surface area contributed by atoms with E-state index in [-0.39, 0.29) is 35.1 Å². The standard InChI is InChI=1S/C23H26ClN3O4S/c1-16-2-6-20(7-3-16)27-15-17(14-22(27)28)23(29)26-12-10-19(11-13-26)25-32(30,31)21-8-4-18(24)5-9-21/h2-9,17,19,25H,10-15H2,1H3/t17-/m0/s1. The van der Waals surface area contributed by atoms with Crippen LogP contribution in [0, 0.1) is 12.8 Å². The zero-order chi connectivity index (χ0) is 22.9. The fraction of sp³-hybridized carbons (Fsp3) is 0.391. The minimum atomic E-state index is -3.64. The van der Waals surface area contributed by atoms with Crippen LogP contribution in [0.5, 0.6) is 0 Å². The van der Waals surface area contributed by atoms with Gasteiger partial charge in [0.25, 0.3) is 0 Å². The highest BCUT2D eigenvalue weighted by Gasteiger charge is 2.38. The van der Waals surface area contributed by atoms with Crippen molar-refractivity contribution in [3.63, 3.8) is 0 Å². The lowest BCUT2D eigenvalue weighted by Crippen LogP contribution is -2.48. The molecule has 0 saturated carbocycles. The molecule has 2 amide bonds. The average Bonchev–Trinajstić information content (AvgIpc) is 3.16. The molecule has 0 aromatic heterocycles. The predicted octanol–water partition coefficient (Wildman–Crippen LogP) is 2.97. The first-order valence-electron chi connectivity index (χ1n) is 10.7. The summed E-state index contributed by atoms with van der Waals surface area (Å²) in [6, 6.07) is 13.5. The summed E-state index contributed by atoms with van der Waals surface area (Å²) in [7, 11) is -3.64. The van der Waals surface area contributed by atoms with Crippen molar-refractivity contribution in [2.24, 2.45) is 5.92 Å². The van der Waals surface area contributed by atoms with E-state index in [1.807, 2.05) is 31.2 Å². The fourth-order valence-corrected chi connectivity index (χ4v) is 5.66. The van der Waals surface area contributed by atoms with E-state index in [9.17, 15) is 18.0 Å². The third kappa shape index (κ3) is 4.98. The van der Waals surface area contributed by atoms with Crippen LogP contribution in [0.2, 0.25) is 5.02 Å². The van der Waals surface area contributed by atoms with E-state index in [2.05, 4.69) is 4.72 Å². The summed E-state index contributed by atoms with van der Waals surface area (Å²) < 4.78 is 27.9. The van der Waals surface area contributed by atoms with Crippen molar-refractivity contribution in [2.45, 2.75) is 37.1 Å². The summed E-state index contributed by atoms with van der Waals surface area (Å²) in [6.07, 6.45) is 1.26. The van der Waals surface area contributed by atoms with E-state index >= 15 is 0 Å². The number of carbonyl (C=O) groups is 2. The third-order valence-corrected chi connectivity index (χ3v) is 7.86. The first kappa shape index (κ1) is 22.8. The number of sulfonamides is 1. The second kappa shape index (κ2) is 9.21. The van der Waals surface area contributed by atoms with E-state index in [1.165, 1.54) is 12.1 Å². The number of nitrogens with one attached hydrogen (secondary N) is 1. The highest BCUT2D eigenvalue weighted by Crippen LogP contribution is 2.27. The van der Waals surface area contributed by atoms with Gasteiger partial charge in [0.05, 0.1) is 10.8 Å². The molecule has 170 valence electrons. The van der Waals surface area contributed by atoms with Gasteiger partial charge in [-0.3, -0.25) is 9.59 Å². The molecule has 4 rings (SSSR count). The van der Waals surface area contributed by atoms with Gasteiger partial charge < -0.3 is 9.80 Å². The average molecular weight is 476 g/mol. The van der Waals surface area contributed by atoms with Gasteiger partial charge in [-0.25, -0.2) is 13.1 Å². The molecule has 0 unspecified atom stereocenters. The first-order valence-corrected chi connectivity index (χ1v) is 12.5. The first-order chi connectivity index (χ1) is 15.2. The van der Waals surface area contributed by atoms with Crippen LogP contribution in [0.1, 0.15) is 24.8 Å². The number of hydrogen-bond donors (Lipinski definition) is 1. The topological polar surface area (TPSA) is 86.8 Å². The largest absolute Gasteiger partial charge is 0.342 e. The van der Waals surface area contributed by atoms with Crippen molar-refractivity contribution in [1.29, 1.82) is 0 Å². The molecule has 2 aromatic carbocycles. The summed E-state index contributed by atoms with van der Waals surface area (Å²) in [5.41, 5.74) is 1.92. The number of anilines is 1. The Balaban J connectivity index is 1.32. The monoisotopic (exact) mass is 475 g/mol. The maximum Gasteiger partial charge on any atom is 0.240 e. The molecule has 2 aliphatic heterocycles. The van der Waals surface area contributed by atoms with Crippen LogP contribution >= 0.6 is 11.6 Å². The zero-order valence-corrected chi connectivity index (χ0v) is 19.4. The number of rotatable bonds is 5. The molecule has 0 bridgehead atoms. The van der Waals surface area contributed by atoms with Crippen LogP contribution in [-0.4, -0.2) is 50.8 Å². The van der Waals surface area contributed by atoms with Gasteiger partial charge in [-0.05, 0) is 56.2 Å². The number of nitrogens with zero attached hydrogens (tertiary/aromatic N) is 2. The smallest absolute Gasteiger partial charge is 0.240 e. The third-order valence-electron chi connectivity index (χ3n) is 6.07. The number of halogens is 1. The Kier molecular flexibility index (Phi) is 6.55. The summed E-state index contributed by atoms with van der Waals surface area (Å²) in [6.45, 7) is 3.29. The Hall–Kier alpha value is -2.42. The molecule has 2 saturated heterocycles. The van der Waals surface area contributed by atoms with Crippen molar-refractivity contribution in [3.05, 3.63) is 59.1 Å². The highest BCUT2D eigenvalue weighted by atomic mass is 35.5. The summed E-state index contributed by atoms with van der Waals surface area (Å²) in [4.78, 5) is 29.1. The summed E-state index contributed by atoms with van der Waals surface area (Å²) in [5.74, 6) is -0.448. The van der Waals surface area contributed by atoms with Gasteiger partial charge in [-0.1, -0.05) is 29.3 Å². The van der Waals surface area contributed by atoms with Crippen molar-refractivity contribution in [1.82, 2.24) is 9.62 Å². The second-order valence-corrected chi connectivity index (χ2v) is 10.6. The van der Waals surface area contributed by atoms with Crippen molar-refractivity contribution in [2.75, 3.05) is 24.5 Å². The molecule has 9 heteroatoms. The number of carbonyl (C=O) groups excluding carboxylic acids is 2. The van der Waals surface area contributed by atoms with E-state index < -0.39 is 10.0 Å². The molecular weight excluding hydrogens is 450 g/mol. The number of likely N-dealkylation sites (tertiary alicyclic amines) is 1. The Labute approximate surface area is 193 Å². The van der Waals surface area contributed by atoms with Crippen LogP contribution in [-0.2, 0) is 19.6 Å². The Morgan fingerprint density at radius 3 is 2.28 bits per heavy atom. The van der Waals surface area contributed by atoms with Gasteiger partial charge in [0, 0.05) is 42.8 Å². The lowest BCUT2D eigenvalue weighted by molar-refractivity contribution is -0.136. The number of aryl methyl sites for hydroxylation is 1. The molecule has 1 atom stereocenters. The van der Waals surface area contributed by atoms with Gasteiger partial charge in [0.1, 0.15) is 0 Å². The predicted molar refractivity (Wildman–Crippen MR) is 123 cm³/mol. The van der Waals surface area contributed by atoms with E-state index in [0.29, 0.717) is 37.5 Å². The van der Waals surface area contributed by atoms with E-state index in [4.69, 9.17) is 11.6 Å². The molecule has 0 spiro atoms. The van der Waals surface area contributed by atoms with Gasteiger partial charge in [0.15, 0.2) is 0 Å². The molecule has 2 fully saturated rings. The fourth-order valence-electron chi connectivity index (χ4n) is 4.22. The van der Waals surface area contributed by atoms with Gasteiger partial charge >= 0.3 is 0 Å². The normalized spacial score (nSPS) is 20.1. The van der Waals surface area contributed by atoms with Gasteiger partial charge in [0.2, 0.25) is 21.8 Å². The molecule has 0 radical (unpaired) electrons. The summed E-state index contributed by atoms with van der Waals surface area (Å²) >= 11 is 5.84. The highest BCUT2D eigenvalue weighted by molar-refractivity contribution is 7.89. The molecule has 2 aliphatic rings. The Bertz CT molecular complexity index is 1100. The molecule has 0 aliphatic carbocycles. The summed E-state index contributed by atoms with van der Waals surface area (Å²) in [5, 5.41) is 0.474. The molecule has 1 N–H and O–H groups in total. The number of piperidine rings is 1. The maximum atomic E-state index is 13.0. The van der Waals surface area contributed by atoms with Crippen molar-refractivity contribution >= 4 is 39.1 Å². The molecule has 32 heavy (non-hydrogen) atoms. The van der Waals surface area contributed by atoms with Gasteiger partial charge in [-0.2, -0.15) is 0 Å². The molecular formula is C23H26ClN3O4S. The number of amides is 2. The number of hydrogen-bond acceptors (Lipinski definition) is 4. The zero-order valence-electron chi connectivity index (χ0n) is 17.8. The minimum absolute atomic E-state index is 0.0352. The van der Waals surface area contributed by atoms with Crippen LogP contribution in [0.15, 0.2) is 53.4 Å². The molecule has 7 nitrogen and oxygen atoms in total. The SMILES string of the molecule is Cc1ccc(N2C[C@@H](C(=O)N3CCC(NS(=O)(=O)c4ccc(Cl)cc4)CC3)CC2=O)cc1. The van der Waals surface area contributed by atoms with Crippen LogP contribution < -0.4 is 9.62 Å². The van der Waals surface area contributed by atoms with E-state index in [1.54, 1.807) is 21.9 Å². The van der Waals surface area contributed by atoms with Crippen LogP contribution in [0.4, 0.5) is 5.69 Å². The van der Waals surface area contributed by atoms with E-state index in [0.717, 1.165) is 11.3 Å². The lowest BCUT2D eigenvalue weighted by atomic mass is 10.0. The van der Waals surface area contributed by atoms with Crippen LogP contribution in [0.25, 0.3) is 0 Å². The van der Waals surface area contributed by atoms with Gasteiger partial charge in [-0.15, -0.1) is 0 Å². The Morgan fingerprint density at radius 1 is 1.03 bits per heavy atom. The lowest BCUT2D eigenvalue weighted by Gasteiger charge is -2.33. The molecule has 2 heterocycles. The second-order valence-electron chi connectivity index (χ2n) is 8.42. The number of benzene rings is 2.